The molecule has 2 aromatic rings. The number of carbonyl (C=O) groups excluding carboxylic acids is 1. The summed E-state index contributed by atoms with van der Waals surface area (Å²) in [6, 6.07) is 1.96. The van der Waals surface area contributed by atoms with Crippen molar-refractivity contribution < 1.29 is 14.3 Å². The molecule has 8 nitrogen and oxygen atoms in total. The Bertz CT molecular complexity index is 853. The predicted molar refractivity (Wildman–Crippen MR) is 103 cm³/mol. The Morgan fingerprint density at radius 2 is 2.04 bits per heavy atom. The van der Waals surface area contributed by atoms with Gasteiger partial charge in [0.1, 0.15) is 11.4 Å². The van der Waals surface area contributed by atoms with Crippen LogP contribution in [0.5, 0.6) is 0 Å². The monoisotopic (exact) mass is 385 g/mol. The Hall–Kier alpha value is -2.32. The maximum Gasteiger partial charge on any atom is 0.270 e. The molecule has 150 valence electrons. The summed E-state index contributed by atoms with van der Waals surface area (Å²) in [4.78, 5) is 26.4. The second kappa shape index (κ2) is 7.60. The molecule has 1 saturated heterocycles. The van der Waals surface area contributed by atoms with Gasteiger partial charge in [-0.3, -0.25) is 4.79 Å². The molecular formula is C20H27N5O3. The highest BCUT2D eigenvalue weighted by atomic mass is 16.5. The van der Waals surface area contributed by atoms with Gasteiger partial charge >= 0.3 is 0 Å². The average Bonchev–Trinajstić information content (AvgIpc) is 3.12. The maximum atomic E-state index is 13.0. The number of nitrogens with zero attached hydrogens (tertiary/aromatic N) is 4. The van der Waals surface area contributed by atoms with Gasteiger partial charge in [0, 0.05) is 20.2 Å². The number of imidazole rings is 1. The van der Waals surface area contributed by atoms with E-state index in [1.807, 2.05) is 11.6 Å². The van der Waals surface area contributed by atoms with E-state index >= 15 is 0 Å². The molecular weight excluding hydrogens is 358 g/mol. The van der Waals surface area contributed by atoms with Gasteiger partial charge < -0.3 is 19.4 Å². The number of aryl methyl sites for hydroxylation is 1. The lowest BCUT2D eigenvalue weighted by Gasteiger charge is -2.37. The summed E-state index contributed by atoms with van der Waals surface area (Å²) >= 11 is 0. The van der Waals surface area contributed by atoms with Gasteiger partial charge in [-0.25, -0.2) is 15.0 Å². The molecule has 1 amide bonds. The fourth-order valence-corrected chi connectivity index (χ4v) is 3.82. The molecule has 2 aromatic heterocycles. The van der Waals surface area contributed by atoms with E-state index in [2.05, 4.69) is 22.2 Å². The molecule has 4 rings (SSSR count). The second-order valence-corrected chi connectivity index (χ2v) is 8.09. The van der Waals surface area contributed by atoms with E-state index in [0.717, 1.165) is 37.1 Å². The molecule has 1 aliphatic carbocycles. The highest BCUT2D eigenvalue weighted by Gasteiger charge is 2.38. The van der Waals surface area contributed by atoms with Crippen molar-refractivity contribution in [2.45, 2.75) is 50.2 Å². The molecule has 1 saturated carbocycles. The van der Waals surface area contributed by atoms with Crippen LogP contribution in [0.4, 0.5) is 0 Å². The zero-order valence-electron chi connectivity index (χ0n) is 16.6. The minimum Gasteiger partial charge on any atom is -0.381 e. The molecule has 0 radical (unpaired) electrons. The molecule has 0 atom stereocenters. The Kier molecular flexibility index (Phi) is 5.16. The fraction of sp³-hybridized carbons (Fsp3) is 0.600. The van der Waals surface area contributed by atoms with Crippen molar-refractivity contribution in [3.05, 3.63) is 30.0 Å². The van der Waals surface area contributed by atoms with Gasteiger partial charge in [0.05, 0.1) is 43.0 Å². The molecule has 3 heterocycles. The van der Waals surface area contributed by atoms with Crippen molar-refractivity contribution >= 4 is 5.91 Å². The molecule has 1 N–H and O–H groups in total. The maximum absolute atomic E-state index is 13.0. The van der Waals surface area contributed by atoms with Crippen LogP contribution in [-0.2, 0) is 21.9 Å². The van der Waals surface area contributed by atoms with Gasteiger partial charge in [0.25, 0.3) is 5.91 Å². The van der Waals surface area contributed by atoms with Crippen LogP contribution in [0.15, 0.2) is 18.6 Å². The van der Waals surface area contributed by atoms with Crippen molar-refractivity contribution in [2.24, 2.45) is 7.05 Å². The van der Waals surface area contributed by atoms with E-state index in [9.17, 15) is 4.79 Å². The summed E-state index contributed by atoms with van der Waals surface area (Å²) in [6.07, 6.45) is 7.48. The molecule has 2 aliphatic rings. The predicted octanol–water partition coefficient (Wildman–Crippen LogP) is 1.85. The van der Waals surface area contributed by atoms with Crippen molar-refractivity contribution in [2.75, 3.05) is 20.3 Å². The number of hydrogen-bond acceptors (Lipinski definition) is 6. The lowest BCUT2D eigenvalue weighted by molar-refractivity contribution is -0.0521. The summed E-state index contributed by atoms with van der Waals surface area (Å²) in [5, 5.41) is 3.14. The summed E-state index contributed by atoms with van der Waals surface area (Å²) in [6.45, 7) is 3.29. The third-order valence-corrected chi connectivity index (χ3v) is 5.81. The van der Waals surface area contributed by atoms with Gasteiger partial charge in [-0.2, -0.15) is 0 Å². The highest BCUT2D eigenvalue weighted by Crippen LogP contribution is 2.32. The first kappa shape index (κ1) is 19.0. The number of hydrogen-bond donors (Lipinski definition) is 1. The number of methoxy groups -OCH3 is 1. The normalized spacial score (nSPS) is 23.8. The lowest BCUT2D eigenvalue weighted by atomic mass is 9.84. The van der Waals surface area contributed by atoms with Crippen molar-refractivity contribution in [1.82, 2.24) is 24.8 Å². The third kappa shape index (κ3) is 3.66. The van der Waals surface area contributed by atoms with Crippen LogP contribution >= 0.6 is 0 Å². The first-order valence-corrected chi connectivity index (χ1v) is 9.76. The van der Waals surface area contributed by atoms with Crippen LogP contribution in [0.25, 0.3) is 11.5 Å². The molecule has 8 heteroatoms. The molecule has 1 aliphatic heterocycles. The Labute approximate surface area is 164 Å². The van der Waals surface area contributed by atoms with E-state index in [0.29, 0.717) is 30.8 Å². The smallest absolute Gasteiger partial charge is 0.270 e. The molecule has 0 aromatic carbocycles. The molecule has 0 spiro atoms. The van der Waals surface area contributed by atoms with E-state index < -0.39 is 0 Å². The van der Waals surface area contributed by atoms with E-state index in [4.69, 9.17) is 14.5 Å². The number of aromatic nitrogens is 4. The third-order valence-electron chi connectivity index (χ3n) is 5.81. The van der Waals surface area contributed by atoms with Gasteiger partial charge in [-0.05, 0) is 38.7 Å². The van der Waals surface area contributed by atoms with Gasteiger partial charge in [0.2, 0.25) is 0 Å². The zero-order chi connectivity index (χ0) is 19.7. The molecule has 0 unspecified atom stereocenters. The fourth-order valence-electron chi connectivity index (χ4n) is 3.82. The highest BCUT2D eigenvalue weighted by molar-refractivity contribution is 5.93. The van der Waals surface area contributed by atoms with Crippen LogP contribution in [0.1, 0.15) is 48.8 Å². The van der Waals surface area contributed by atoms with E-state index in [-0.39, 0.29) is 17.4 Å². The van der Waals surface area contributed by atoms with E-state index in [1.54, 1.807) is 25.7 Å². The lowest BCUT2D eigenvalue weighted by Crippen LogP contribution is -2.45. The summed E-state index contributed by atoms with van der Waals surface area (Å²) in [5.74, 6) is 0.357. The minimum atomic E-state index is -0.193. The first-order valence-electron chi connectivity index (χ1n) is 9.76. The summed E-state index contributed by atoms with van der Waals surface area (Å²) < 4.78 is 12.7. The van der Waals surface area contributed by atoms with E-state index in [1.165, 1.54) is 0 Å². The van der Waals surface area contributed by atoms with Gasteiger partial charge in [-0.1, -0.05) is 0 Å². The summed E-state index contributed by atoms with van der Waals surface area (Å²) in [5.41, 5.74) is 1.81. The van der Waals surface area contributed by atoms with Crippen LogP contribution in [0.3, 0.4) is 0 Å². The largest absolute Gasteiger partial charge is 0.381 e. The summed E-state index contributed by atoms with van der Waals surface area (Å²) in [7, 11) is 3.64. The first-order chi connectivity index (χ1) is 13.5. The van der Waals surface area contributed by atoms with Crippen LogP contribution in [0.2, 0.25) is 0 Å². The average molecular weight is 385 g/mol. The topological polar surface area (TPSA) is 91.2 Å². The van der Waals surface area contributed by atoms with Crippen LogP contribution in [-0.4, -0.2) is 57.9 Å². The quantitative estimate of drug-likeness (QED) is 0.845. The number of nitrogens with one attached hydrogen (secondary N) is 1. The number of ether oxygens (including phenoxy) is 2. The zero-order valence-corrected chi connectivity index (χ0v) is 16.6. The van der Waals surface area contributed by atoms with Crippen molar-refractivity contribution in [1.29, 1.82) is 0 Å². The van der Waals surface area contributed by atoms with Crippen LogP contribution in [0, 0.1) is 0 Å². The Balaban J connectivity index is 1.59. The Morgan fingerprint density at radius 1 is 1.29 bits per heavy atom. The SMILES string of the molecule is COC1CCC(NC(=O)c2cc(C3(C)COC3)nc(-c3cncn3C)n2)CC1. The molecule has 0 bridgehead atoms. The second-order valence-electron chi connectivity index (χ2n) is 8.09. The number of carbonyl (C=O) groups is 1. The van der Waals surface area contributed by atoms with Gasteiger partial charge in [-0.15, -0.1) is 0 Å². The molecule has 28 heavy (non-hydrogen) atoms. The van der Waals surface area contributed by atoms with Gasteiger partial charge in [0.15, 0.2) is 5.82 Å². The van der Waals surface area contributed by atoms with Crippen molar-refractivity contribution in [3.63, 3.8) is 0 Å². The van der Waals surface area contributed by atoms with Crippen LogP contribution < -0.4 is 5.32 Å². The number of amides is 1. The van der Waals surface area contributed by atoms with Crippen molar-refractivity contribution in [3.8, 4) is 11.5 Å². The number of rotatable bonds is 5. The minimum absolute atomic E-state index is 0.153. The standard InChI is InChI=1S/C20H27N5O3/c1-20(10-28-11-20)17-8-15(23-18(24-17)16-9-21-12-25(16)2)19(26)22-13-4-6-14(27-3)7-5-13/h8-9,12-14H,4-7,10-11H2,1-3H3,(H,22,26). The Morgan fingerprint density at radius 3 is 2.61 bits per heavy atom. The molecule has 2 fully saturated rings.